The Hall–Kier alpha value is 0.0500. The molecule has 1 aliphatic heterocycles. The molecule has 1 aliphatic carbocycles. The molecule has 0 aromatic carbocycles. The Bertz CT molecular complexity index is 249. The summed E-state index contributed by atoms with van der Waals surface area (Å²) in [5, 5.41) is 11.2. The average molecular weight is 226 g/mol. The molecule has 15 heavy (non-hydrogen) atoms. The molecule has 1 fully saturated rings. The number of thioether (sulfide) groups is 1. The van der Waals surface area contributed by atoms with Gasteiger partial charge >= 0.3 is 0 Å². The lowest BCUT2D eigenvalue weighted by Gasteiger charge is -2.27. The fourth-order valence-electron chi connectivity index (χ4n) is 2.71. The third kappa shape index (κ3) is 2.79. The van der Waals surface area contributed by atoms with E-state index in [2.05, 4.69) is 13.0 Å². The first kappa shape index (κ1) is 11.5. The SMILES string of the molecule is CC1CC(O)(C2=CCCCCCC2)CS1. The molecular formula is C13H22OS. The largest absolute Gasteiger partial charge is 0.385 e. The van der Waals surface area contributed by atoms with Crippen molar-refractivity contribution in [1.82, 2.24) is 0 Å². The Morgan fingerprint density at radius 3 is 2.87 bits per heavy atom. The summed E-state index contributed by atoms with van der Waals surface area (Å²) in [7, 11) is 0. The van der Waals surface area contributed by atoms with Crippen LogP contribution in [0, 0.1) is 0 Å². The van der Waals surface area contributed by atoms with Gasteiger partial charge in [0.1, 0.15) is 0 Å². The minimum atomic E-state index is -0.457. The molecule has 0 spiro atoms. The van der Waals surface area contributed by atoms with E-state index in [1.165, 1.54) is 37.7 Å². The van der Waals surface area contributed by atoms with Crippen LogP contribution in [0.15, 0.2) is 11.6 Å². The lowest BCUT2D eigenvalue weighted by atomic mass is 9.85. The Labute approximate surface area is 97.3 Å². The second kappa shape index (κ2) is 4.92. The molecule has 2 unspecified atom stereocenters. The maximum absolute atomic E-state index is 10.6. The first-order chi connectivity index (χ1) is 7.21. The van der Waals surface area contributed by atoms with Crippen molar-refractivity contribution >= 4 is 11.8 Å². The second-order valence-corrected chi connectivity index (χ2v) is 6.47. The van der Waals surface area contributed by atoms with Gasteiger partial charge in [0.15, 0.2) is 0 Å². The Morgan fingerprint density at radius 2 is 2.13 bits per heavy atom. The highest BCUT2D eigenvalue weighted by atomic mass is 32.2. The van der Waals surface area contributed by atoms with Gasteiger partial charge in [-0.25, -0.2) is 0 Å². The van der Waals surface area contributed by atoms with Crippen molar-refractivity contribution in [3.05, 3.63) is 11.6 Å². The first-order valence-corrected chi connectivity index (χ1v) is 7.29. The van der Waals surface area contributed by atoms with Crippen LogP contribution in [0.3, 0.4) is 0 Å². The number of allylic oxidation sites excluding steroid dienone is 1. The molecule has 0 saturated carbocycles. The van der Waals surface area contributed by atoms with E-state index in [-0.39, 0.29) is 0 Å². The molecule has 2 heteroatoms. The van der Waals surface area contributed by atoms with Crippen LogP contribution >= 0.6 is 11.8 Å². The van der Waals surface area contributed by atoms with Gasteiger partial charge in [0.05, 0.1) is 5.60 Å². The molecule has 0 aromatic heterocycles. The minimum Gasteiger partial charge on any atom is -0.385 e. The summed E-state index contributed by atoms with van der Waals surface area (Å²) in [5.41, 5.74) is 0.889. The molecule has 2 aliphatic rings. The van der Waals surface area contributed by atoms with Crippen molar-refractivity contribution < 1.29 is 5.11 Å². The summed E-state index contributed by atoms with van der Waals surface area (Å²) in [6.45, 7) is 2.23. The van der Waals surface area contributed by atoms with Gasteiger partial charge in [-0.05, 0) is 37.7 Å². The molecule has 1 heterocycles. The monoisotopic (exact) mass is 226 g/mol. The zero-order valence-corrected chi connectivity index (χ0v) is 10.5. The number of rotatable bonds is 1. The summed E-state index contributed by atoms with van der Waals surface area (Å²) in [6.07, 6.45) is 10.9. The normalized spacial score (nSPS) is 38.3. The van der Waals surface area contributed by atoms with Crippen molar-refractivity contribution in [2.45, 2.75) is 62.7 Å². The molecule has 2 atom stereocenters. The van der Waals surface area contributed by atoms with Crippen LogP contribution in [0.4, 0.5) is 0 Å². The van der Waals surface area contributed by atoms with E-state index in [9.17, 15) is 5.11 Å². The Balaban J connectivity index is 2.06. The Morgan fingerprint density at radius 1 is 1.33 bits per heavy atom. The highest BCUT2D eigenvalue weighted by Crippen LogP contribution is 2.41. The van der Waals surface area contributed by atoms with Gasteiger partial charge in [-0.2, -0.15) is 11.8 Å². The van der Waals surface area contributed by atoms with Crippen LogP contribution in [-0.2, 0) is 0 Å². The predicted molar refractivity (Wildman–Crippen MR) is 67.3 cm³/mol. The zero-order valence-electron chi connectivity index (χ0n) is 9.67. The summed E-state index contributed by atoms with van der Waals surface area (Å²) >= 11 is 1.92. The van der Waals surface area contributed by atoms with Gasteiger partial charge < -0.3 is 5.11 Å². The Kier molecular flexibility index (Phi) is 3.78. The average Bonchev–Trinajstić information content (AvgIpc) is 2.46. The summed E-state index contributed by atoms with van der Waals surface area (Å²) in [6, 6.07) is 0. The third-order valence-electron chi connectivity index (χ3n) is 3.62. The maximum atomic E-state index is 10.6. The smallest absolute Gasteiger partial charge is 0.0957 e. The van der Waals surface area contributed by atoms with Crippen molar-refractivity contribution in [3.63, 3.8) is 0 Å². The highest BCUT2D eigenvalue weighted by Gasteiger charge is 2.38. The molecule has 0 aromatic rings. The van der Waals surface area contributed by atoms with Crippen LogP contribution < -0.4 is 0 Å². The summed E-state index contributed by atoms with van der Waals surface area (Å²) in [4.78, 5) is 0. The minimum absolute atomic E-state index is 0.457. The summed E-state index contributed by atoms with van der Waals surface area (Å²) in [5.74, 6) is 0.917. The van der Waals surface area contributed by atoms with E-state index >= 15 is 0 Å². The van der Waals surface area contributed by atoms with E-state index in [1.54, 1.807) is 0 Å². The molecular weight excluding hydrogens is 204 g/mol. The maximum Gasteiger partial charge on any atom is 0.0957 e. The van der Waals surface area contributed by atoms with Crippen LogP contribution in [0.2, 0.25) is 0 Å². The molecule has 0 radical (unpaired) electrons. The van der Waals surface area contributed by atoms with Crippen molar-refractivity contribution in [2.24, 2.45) is 0 Å². The quantitative estimate of drug-likeness (QED) is 0.690. The van der Waals surface area contributed by atoms with E-state index < -0.39 is 5.60 Å². The van der Waals surface area contributed by atoms with Crippen molar-refractivity contribution in [3.8, 4) is 0 Å². The van der Waals surface area contributed by atoms with Gasteiger partial charge in [0.25, 0.3) is 0 Å². The van der Waals surface area contributed by atoms with Crippen LogP contribution in [0.5, 0.6) is 0 Å². The summed E-state index contributed by atoms with van der Waals surface area (Å²) < 4.78 is 0. The van der Waals surface area contributed by atoms with Gasteiger partial charge in [-0.1, -0.05) is 25.8 Å². The van der Waals surface area contributed by atoms with Gasteiger partial charge in [-0.15, -0.1) is 0 Å². The zero-order chi connectivity index (χ0) is 10.7. The molecule has 2 rings (SSSR count). The van der Waals surface area contributed by atoms with Crippen molar-refractivity contribution in [2.75, 3.05) is 5.75 Å². The lowest BCUT2D eigenvalue weighted by Crippen LogP contribution is -2.31. The fraction of sp³-hybridized carbons (Fsp3) is 0.846. The fourth-order valence-corrected chi connectivity index (χ4v) is 3.97. The van der Waals surface area contributed by atoms with Crippen molar-refractivity contribution in [1.29, 1.82) is 0 Å². The first-order valence-electron chi connectivity index (χ1n) is 6.24. The van der Waals surface area contributed by atoms with E-state index in [4.69, 9.17) is 0 Å². The number of hydrogen-bond donors (Lipinski definition) is 1. The van der Waals surface area contributed by atoms with Gasteiger partial charge in [0.2, 0.25) is 0 Å². The lowest BCUT2D eigenvalue weighted by molar-refractivity contribution is 0.0971. The van der Waals surface area contributed by atoms with Gasteiger partial charge in [0, 0.05) is 11.0 Å². The second-order valence-electron chi connectivity index (χ2n) is 5.04. The van der Waals surface area contributed by atoms with E-state index in [0.717, 1.165) is 18.6 Å². The molecule has 0 amide bonds. The van der Waals surface area contributed by atoms with Crippen LogP contribution in [0.1, 0.15) is 51.9 Å². The predicted octanol–water partition coefficient (Wildman–Crippen LogP) is 3.52. The number of hydrogen-bond acceptors (Lipinski definition) is 2. The molecule has 1 saturated heterocycles. The topological polar surface area (TPSA) is 20.2 Å². The van der Waals surface area contributed by atoms with Gasteiger partial charge in [-0.3, -0.25) is 0 Å². The highest BCUT2D eigenvalue weighted by molar-refractivity contribution is 8.00. The standard InChI is InChI=1S/C13H22OS/c1-11-9-13(14,10-15-11)12-7-5-3-2-4-6-8-12/h7,11,14H,2-6,8-10H2,1H3. The molecule has 86 valence electrons. The van der Waals surface area contributed by atoms with Crippen LogP contribution in [0.25, 0.3) is 0 Å². The molecule has 1 nitrogen and oxygen atoms in total. The number of aliphatic hydroxyl groups is 1. The van der Waals surface area contributed by atoms with E-state index in [1.807, 2.05) is 11.8 Å². The van der Waals surface area contributed by atoms with Crippen LogP contribution in [-0.4, -0.2) is 21.7 Å². The molecule has 1 N–H and O–H groups in total. The van der Waals surface area contributed by atoms with E-state index in [0.29, 0.717) is 5.25 Å². The molecule has 0 bridgehead atoms. The third-order valence-corrected chi connectivity index (χ3v) is 5.00.